The van der Waals surface area contributed by atoms with Gasteiger partial charge in [-0.1, -0.05) is 0 Å². The molecule has 0 N–H and O–H groups in total. The average Bonchev–Trinajstić information content (AvgIpc) is 2.84. The van der Waals surface area contributed by atoms with Gasteiger partial charge in [-0.3, -0.25) is 10.1 Å². The summed E-state index contributed by atoms with van der Waals surface area (Å²) in [6.07, 6.45) is 1.14. The highest BCUT2D eigenvalue weighted by molar-refractivity contribution is 5.39. The van der Waals surface area contributed by atoms with Crippen molar-refractivity contribution in [1.29, 1.82) is 0 Å². The van der Waals surface area contributed by atoms with Gasteiger partial charge in [-0.15, -0.1) is 0 Å². The van der Waals surface area contributed by atoms with E-state index in [1.165, 1.54) is 0 Å². The first-order chi connectivity index (χ1) is 8.84. The Hall–Kier alpha value is -2.52. The Kier molecular flexibility index (Phi) is 2.92. The van der Waals surface area contributed by atoms with E-state index in [9.17, 15) is 32.1 Å². The van der Waals surface area contributed by atoms with Gasteiger partial charge in [-0.2, -0.15) is 5.10 Å². The second-order valence-corrected chi connectivity index (χ2v) is 3.32. The molecule has 0 fully saturated rings. The van der Waals surface area contributed by atoms with E-state index in [0.717, 1.165) is 0 Å². The number of nitro groups is 1. The van der Waals surface area contributed by atoms with E-state index < -0.39 is 45.4 Å². The maximum Gasteiger partial charge on any atom is 0.307 e. The molecule has 5 nitrogen and oxygen atoms in total. The van der Waals surface area contributed by atoms with Gasteiger partial charge in [-0.05, 0) is 0 Å². The van der Waals surface area contributed by atoms with Crippen LogP contribution in [-0.4, -0.2) is 14.7 Å². The Morgan fingerprint density at radius 1 is 1.00 bits per heavy atom. The fraction of sp³-hybridized carbons (Fsp3) is 0. The summed E-state index contributed by atoms with van der Waals surface area (Å²) in [7, 11) is 0. The Bertz CT molecular complexity index is 656. The molecule has 0 atom stereocenters. The predicted octanol–water partition coefficient (Wildman–Crippen LogP) is 2.48. The van der Waals surface area contributed by atoms with Crippen LogP contribution in [0, 0.1) is 39.2 Å². The zero-order chi connectivity index (χ0) is 14.3. The monoisotopic (exact) mass is 279 g/mol. The zero-order valence-electron chi connectivity index (χ0n) is 8.70. The molecule has 0 radical (unpaired) electrons. The number of nitrogens with zero attached hydrogens (tertiary/aromatic N) is 3. The first-order valence-electron chi connectivity index (χ1n) is 4.55. The summed E-state index contributed by atoms with van der Waals surface area (Å²) in [5.41, 5.74) is -2.05. The van der Waals surface area contributed by atoms with Crippen LogP contribution in [-0.2, 0) is 0 Å². The number of halogens is 5. The molecular weight excluding hydrogens is 277 g/mol. The van der Waals surface area contributed by atoms with Crippen molar-refractivity contribution in [3.63, 3.8) is 0 Å². The lowest BCUT2D eigenvalue weighted by atomic mass is 10.2. The molecule has 0 saturated heterocycles. The minimum absolute atomic E-state index is 0.203. The highest BCUT2D eigenvalue weighted by atomic mass is 19.2. The molecule has 0 aliphatic heterocycles. The summed E-state index contributed by atoms with van der Waals surface area (Å²) >= 11 is 0. The van der Waals surface area contributed by atoms with E-state index >= 15 is 0 Å². The number of rotatable bonds is 2. The van der Waals surface area contributed by atoms with Crippen molar-refractivity contribution in [1.82, 2.24) is 9.78 Å². The summed E-state index contributed by atoms with van der Waals surface area (Å²) < 4.78 is 65.5. The molecule has 1 heterocycles. The van der Waals surface area contributed by atoms with Crippen molar-refractivity contribution in [2.45, 2.75) is 0 Å². The molecule has 0 bridgehead atoms. The SMILES string of the molecule is O=[N+]([O-])c1cnn(-c2c(F)c(F)c(F)c(F)c2F)c1. The summed E-state index contributed by atoms with van der Waals surface area (Å²) in [4.78, 5) is 9.43. The fourth-order valence-electron chi connectivity index (χ4n) is 1.32. The molecule has 1 aromatic heterocycles. The van der Waals surface area contributed by atoms with E-state index in [-0.39, 0.29) is 4.68 Å². The lowest BCUT2D eigenvalue weighted by Crippen LogP contribution is -2.09. The quantitative estimate of drug-likeness (QED) is 0.279. The van der Waals surface area contributed by atoms with Crippen molar-refractivity contribution in [2.24, 2.45) is 0 Å². The summed E-state index contributed by atoms with van der Waals surface area (Å²) in [6.45, 7) is 0. The highest BCUT2D eigenvalue weighted by Gasteiger charge is 2.28. The van der Waals surface area contributed by atoms with E-state index in [1.807, 2.05) is 0 Å². The summed E-state index contributed by atoms with van der Waals surface area (Å²) in [6, 6.07) is 0. The summed E-state index contributed by atoms with van der Waals surface area (Å²) in [5.74, 6) is -10.9. The van der Waals surface area contributed by atoms with E-state index in [4.69, 9.17) is 0 Å². The van der Waals surface area contributed by atoms with Crippen molar-refractivity contribution < 1.29 is 26.9 Å². The van der Waals surface area contributed by atoms with Crippen LogP contribution in [0.15, 0.2) is 12.4 Å². The molecular formula is C9H2F5N3O2. The molecule has 0 amide bonds. The Morgan fingerprint density at radius 3 is 1.89 bits per heavy atom. The number of hydrogen-bond acceptors (Lipinski definition) is 3. The Morgan fingerprint density at radius 2 is 1.47 bits per heavy atom. The van der Waals surface area contributed by atoms with E-state index in [2.05, 4.69) is 5.10 Å². The lowest BCUT2D eigenvalue weighted by molar-refractivity contribution is -0.384. The number of aromatic nitrogens is 2. The smallest absolute Gasteiger partial charge is 0.258 e. The number of hydrogen-bond donors (Lipinski definition) is 0. The minimum Gasteiger partial charge on any atom is -0.258 e. The van der Waals surface area contributed by atoms with Crippen molar-refractivity contribution in [3.8, 4) is 5.69 Å². The van der Waals surface area contributed by atoms with Crippen LogP contribution in [0.1, 0.15) is 0 Å². The van der Waals surface area contributed by atoms with Gasteiger partial charge < -0.3 is 0 Å². The van der Waals surface area contributed by atoms with E-state index in [0.29, 0.717) is 12.4 Å². The molecule has 0 unspecified atom stereocenters. The fourth-order valence-corrected chi connectivity index (χ4v) is 1.32. The standard InChI is InChI=1S/C9H2F5N3O2/c10-4-5(11)7(13)9(8(14)6(4)12)16-2-3(1-15-16)17(18)19/h1-2H. The van der Waals surface area contributed by atoms with Crippen LogP contribution in [0.3, 0.4) is 0 Å². The van der Waals surface area contributed by atoms with Gasteiger partial charge in [0, 0.05) is 0 Å². The molecule has 100 valence electrons. The Balaban J connectivity index is 2.71. The molecule has 0 spiro atoms. The topological polar surface area (TPSA) is 61.0 Å². The molecule has 0 saturated carbocycles. The van der Waals surface area contributed by atoms with Crippen molar-refractivity contribution in [2.75, 3.05) is 0 Å². The average molecular weight is 279 g/mol. The maximum atomic E-state index is 13.3. The minimum atomic E-state index is -2.32. The largest absolute Gasteiger partial charge is 0.307 e. The van der Waals surface area contributed by atoms with Gasteiger partial charge in [0.25, 0.3) is 0 Å². The highest BCUT2D eigenvalue weighted by Crippen LogP contribution is 2.26. The second kappa shape index (κ2) is 4.30. The first-order valence-corrected chi connectivity index (χ1v) is 4.55. The zero-order valence-corrected chi connectivity index (χ0v) is 8.70. The third-order valence-electron chi connectivity index (χ3n) is 2.20. The molecule has 2 rings (SSSR count). The Labute approximate surface area is 101 Å². The van der Waals surface area contributed by atoms with Crippen LogP contribution in [0.25, 0.3) is 5.69 Å². The lowest BCUT2D eigenvalue weighted by Gasteiger charge is -2.07. The van der Waals surface area contributed by atoms with Gasteiger partial charge in [-0.25, -0.2) is 26.6 Å². The van der Waals surface area contributed by atoms with Gasteiger partial charge in [0.1, 0.15) is 18.1 Å². The van der Waals surface area contributed by atoms with Gasteiger partial charge in [0.05, 0.1) is 4.92 Å². The molecule has 19 heavy (non-hydrogen) atoms. The van der Waals surface area contributed by atoms with Crippen LogP contribution in [0.2, 0.25) is 0 Å². The van der Waals surface area contributed by atoms with Gasteiger partial charge in [0.2, 0.25) is 5.82 Å². The van der Waals surface area contributed by atoms with Gasteiger partial charge in [0.15, 0.2) is 23.3 Å². The number of benzene rings is 1. The first kappa shape index (κ1) is 12.9. The normalized spacial score (nSPS) is 10.8. The van der Waals surface area contributed by atoms with Gasteiger partial charge >= 0.3 is 5.69 Å². The predicted molar refractivity (Wildman–Crippen MR) is 50.0 cm³/mol. The molecule has 2 aromatic rings. The van der Waals surface area contributed by atoms with Crippen LogP contribution >= 0.6 is 0 Å². The van der Waals surface area contributed by atoms with Crippen molar-refractivity contribution >= 4 is 5.69 Å². The molecule has 0 aliphatic rings. The third kappa shape index (κ3) is 1.90. The summed E-state index contributed by atoms with van der Waals surface area (Å²) in [5, 5.41) is 13.5. The molecule has 1 aromatic carbocycles. The maximum absolute atomic E-state index is 13.3. The van der Waals surface area contributed by atoms with Crippen LogP contribution in [0.4, 0.5) is 27.6 Å². The van der Waals surface area contributed by atoms with Crippen LogP contribution in [0.5, 0.6) is 0 Å². The van der Waals surface area contributed by atoms with Crippen molar-refractivity contribution in [3.05, 3.63) is 51.6 Å². The third-order valence-corrected chi connectivity index (χ3v) is 2.20. The second-order valence-electron chi connectivity index (χ2n) is 3.32. The molecule has 10 heteroatoms. The molecule has 0 aliphatic carbocycles. The van der Waals surface area contributed by atoms with Crippen LogP contribution < -0.4 is 0 Å². The van der Waals surface area contributed by atoms with E-state index in [1.54, 1.807) is 0 Å².